The van der Waals surface area contributed by atoms with Gasteiger partial charge in [-0.1, -0.05) is 24.6 Å². The maximum Gasteiger partial charge on any atom is 0.328 e. The van der Waals surface area contributed by atoms with Crippen LogP contribution in [0.25, 0.3) is 6.08 Å². The van der Waals surface area contributed by atoms with Crippen molar-refractivity contribution < 1.29 is 23.9 Å². The summed E-state index contributed by atoms with van der Waals surface area (Å²) in [6.07, 6.45) is 8.83. The first kappa shape index (κ1) is 23.3. The summed E-state index contributed by atoms with van der Waals surface area (Å²) in [4.78, 5) is 39.7. The zero-order valence-corrected chi connectivity index (χ0v) is 17.1. The van der Waals surface area contributed by atoms with Crippen molar-refractivity contribution in [2.75, 3.05) is 7.11 Å². The van der Waals surface area contributed by atoms with E-state index in [0.717, 1.165) is 5.56 Å². The van der Waals surface area contributed by atoms with E-state index in [1.807, 2.05) is 32.9 Å². The lowest BCUT2D eigenvalue weighted by Gasteiger charge is -2.19. The Balaban J connectivity index is 2.41. The maximum atomic E-state index is 12.1. The summed E-state index contributed by atoms with van der Waals surface area (Å²) in [6.45, 7) is 5.45. The van der Waals surface area contributed by atoms with Crippen molar-refractivity contribution in [2.45, 2.75) is 64.5 Å². The molecule has 7 heteroatoms. The Morgan fingerprint density at radius 2 is 2.00 bits per heavy atom. The number of unbranched alkanes of at least 4 members (excludes halogenated alkanes) is 1. The molecule has 0 saturated heterocycles. The van der Waals surface area contributed by atoms with E-state index >= 15 is 0 Å². The van der Waals surface area contributed by atoms with Gasteiger partial charge in [0.2, 0.25) is 5.91 Å². The Kier molecular flexibility index (Phi) is 9.92. The topological polar surface area (TPSA) is 94.6 Å². The van der Waals surface area contributed by atoms with Crippen molar-refractivity contribution in [1.82, 2.24) is 10.3 Å². The van der Waals surface area contributed by atoms with Crippen LogP contribution in [0.4, 0.5) is 0 Å². The first-order valence-corrected chi connectivity index (χ1v) is 9.37. The van der Waals surface area contributed by atoms with Gasteiger partial charge < -0.3 is 14.8 Å². The highest BCUT2D eigenvalue weighted by atomic mass is 16.6. The van der Waals surface area contributed by atoms with Gasteiger partial charge in [0.05, 0.1) is 7.11 Å². The molecule has 0 aliphatic heterocycles. The fourth-order valence-electron chi connectivity index (χ4n) is 2.43. The smallest absolute Gasteiger partial charge is 0.328 e. The largest absolute Gasteiger partial charge is 0.467 e. The van der Waals surface area contributed by atoms with E-state index < -0.39 is 17.6 Å². The van der Waals surface area contributed by atoms with Crippen molar-refractivity contribution in [2.24, 2.45) is 0 Å². The summed E-state index contributed by atoms with van der Waals surface area (Å²) in [5, 5.41) is 2.68. The molecule has 0 aromatic carbocycles. The predicted molar refractivity (Wildman–Crippen MR) is 106 cm³/mol. The van der Waals surface area contributed by atoms with Crippen LogP contribution in [-0.4, -0.2) is 41.6 Å². The second-order valence-electron chi connectivity index (χ2n) is 7.37. The molecule has 0 saturated carbocycles. The second kappa shape index (κ2) is 11.9. The van der Waals surface area contributed by atoms with E-state index in [-0.39, 0.29) is 24.7 Å². The number of nitrogens with zero attached hydrogens (tertiary/aromatic N) is 1. The van der Waals surface area contributed by atoms with Crippen molar-refractivity contribution in [3.8, 4) is 0 Å². The Morgan fingerprint density at radius 1 is 1.25 bits per heavy atom. The van der Waals surface area contributed by atoms with Gasteiger partial charge in [-0.05, 0) is 45.2 Å². The number of hydrogen-bond acceptors (Lipinski definition) is 6. The Hall–Kier alpha value is -2.70. The standard InChI is InChI=1S/C21H30N2O5/c1-21(2,3)28-19(25)13-6-5-11-17(20(26)27-4)23-18(24)12-7-9-16-10-8-14-22-15-16/h7-10,14-15,17H,5-6,11-13H2,1-4H3,(H,23,24)/b9-7+/t17-/m0/s1. The molecule has 1 atom stereocenters. The maximum absolute atomic E-state index is 12.1. The van der Waals surface area contributed by atoms with Gasteiger partial charge in [-0.25, -0.2) is 4.79 Å². The minimum Gasteiger partial charge on any atom is -0.467 e. The van der Waals surface area contributed by atoms with Crippen molar-refractivity contribution in [1.29, 1.82) is 0 Å². The van der Waals surface area contributed by atoms with Crippen LogP contribution in [0.2, 0.25) is 0 Å². The molecule has 1 N–H and O–H groups in total. The summed E-state index contributed by atoms with van der Waals surface area (Å²) in [5.74, 6) is -1.05. The SMILES string of the molecule is COC(=O)[C@H](CCCCC(=O)OC(C)(C)C)NC(=O)C/C=C/c1cccnc1. The molecule has 1 aromatic rings. The Bertz CT molecular complexity index is 665. The van der Waals surface area contributed by atoms with Crippen LogP contribution < -0.4 is 5.32 Å². The number of hydrogen-bond donors (Lipinski definition) is 1. The lowest BCUT2D eigenvalue weighted by atomic mass is 10.1. The van der Waals surface area contributed by atoms with Crippen LogP contribution in [0.1, 0.15) is 58.4 Å². The van der Waals surface area contributed by atoms with Crippen LogP contribution >= 0.6 is 0 Å². The molecule has 154 valence electrons. The fraction of sp³-hybridized carbons (Fsp3) is 0.524. The Labute approximate surface area is 166 Å². The molecule has 1 heterocycles. The summed E-state index contributed by atoms with van der Waals surface area (Å²) in [7, 11) is 1.28. The number of carbonyl (C=O) groups excluding carboxylic acids is 3. The lowest BCUT2D eigenvalue weighted by Crippen LogP contribution is -2.41. The second-order valence-corrected chi connectivity index (χ2v) is 7.37. The lowest BCUT2D eigenvalue weighted by molar-refractivity contribution is -0.154. The van der Waals surface area contributed by atoms with Crippen molar-refractivity contribution in [3.63, 3.8) is 0 Å². The number of aromatic nitrogens is 1. The normalized spacial score (nSPS) is 12.4. The molecule has 0 radical (unpaired) electrons. The van der Waals surface area contributed by atoms with Gasteiger partial charge in [0.1, 0.15) is 11.6 Å². The molecule has 7 nitrogen and oxygen atoms in total. The number of methoxy groups -OCH3 is 1. The third-order valence-electron chi connectivity index (χ3n) is 3.66. The molecule has 1 rings (SSSR count). The highest BCUT2D eigenvalue weighted by molar-refractivity contribution is 5.85. The van der Waals surface area contributed by atoms with Crippen molar-refractivity contribution >= 4 is 23.9 Å². The van der Waals surface area contributed by atoms with E-state index in [4.69, 9.17) is 9.47 Å². The van der Waals surface area contributed by atoms with Crippen LogP contribution in [-0.2, 0) is 23.9 Å². The zero-order chi connectivity index (χ0) is 21.0. The minimum atomic E-state index is -0.733. The monoisotopic (exact) mass is 390 g/mol. The first-order valence-electron chi connectivity index (χ1n) is 9.37. The highest BCUT2D eigenvalue weighted by Gasteiger charge is 2.21. The van der Waals surface area contributed by atoms with Gasteiger partial charge in [-0.3, -0.25) is 14.6 Å². The molecule has 1 amide bonds. The van der Waals surface area contributed by atoms with Crippen LogP contribution in [0.3, 0.4) is 0 Å². The molecular formula is C21H30N2O5. The fourth-order valence-corrected chi connectivity index (χ4v) is 2.43. The predicted octanol–water partition coefficient (Wildman–Crippen LogP) is 3.04. The van der Waals surface area contributed by atoms with Gasteiger partial charge in [0, 0.05) is 25.2 Å². The zero-order valence-electron chi connectivity index (χ0n) is 17.1. The van der Waals surface area contributed by atoms with Crippen LogP contribution in [0.15, 0.2) is 30.6 Å². The number of pyridine rings is 1. The molecular weight excluding hydrogens is 360 g/mol. The number of esters is 2. The molecule has 0 unspecified atom stereocenters. The van der Waals surface area contributed by atoms with E-state index in [1.54, 1.807) is 24.5 Å². The van der Waals surface area contributed by atoms with E-state index in [0.29, 0.717) is 19.3 Å². The summed E-state index contributed by atoms with van der Waals surface area (Å²) in [6, 6.07) is 2.95. The minimum absolute atomic E-state index is 0.139. The third kappa shape index (κ3) is 10.4. The first-order chi connectivity index (χ1) is 13.2. The highest BCUT2D eigenvalue weighted by Crippen LogP contribution is 2.12. The molecule has 0 aliphatic rings. The molecule has 28 heavy (non-hydrogen) atoms. The number of amides is 1. The average Bonchev–Trinajstić information content (AvgIpc) is 2.63. The van der Waals surface area contributed by atoms with Gasteiger partial charge in [0.15, 0.2) is 0 Å². The van der Waals surface area contributed by atoms with Gasteiger partial charge >= 0.3 is 11.9 Å². The Morgan fingerprint density at radius 3 is 2.61 bits per heavy atom. The van der Waals surface area contributed by atoms with E-state index in [1.165, 1.54) is 7.11 Å². The van der Waals surface area contributed by atoms with E-state index in [9.17, 15) is 14.4 Å². The summed E-state index contributed by atoms with van der Waals surface area (Å²) in [5.41, 5.74) is 0.380. The van der Waals surface area contributed by atoms with E-state index in [2.05, 4.69) is 10.3 Å². The summed E-state index contributed by atoms with van der Waals surface area (Å²) >= 11 is 0. The number of nitrogens with one attached hydrogen (secondary N) is 1. The molecule has 0 bridgehead atoms. The average molecular weight is 390 g/mol. The van der Waals surface area contributed by atoms with Gasteiger partial charge in [0.25, 0.3) is 0 Å². The van der Waals surface area contributed by atoms with Crippen LogP contribution in [0, 0.1) is 0 Å². The molecule has 0 aliphatic carbocycles. The molecule has 1 aromatic heterocycles. The number of rotatable bonds is 10. The summed E-state index contributed by atoms with van der Waals surface area (Å²) < 4.78 is 10.0. The number of carbonyl (C=O) groups is 3. The van der Waals surface area contributed by atoms with Gasteiger partial charge in [-0.15, -0.1) is 0 Å². The number of ether oxygens (including phenoxy) is 2. The molecule has 0 spiro atoms. The van der Waals surface area contributed by atoms with Crippen LogP contribution in [0.5, 0.6) is 0 Å². The quantitative estimate of drug-likeness (QED) is 0.487. The van der Waals surface area contributed by atoms with Crippen molar-refractivity contribution in [3.05, 3.63) is 36.2 Å². The third-order valence-corrected chi connectivity index (χ3v) is 3.66. The van der Waals surface area contributed by atoms with Gasteiger partial charge in [-0.2, -0.15) is 0 Å². The molecule has 0 fully saturated rings.